The fourth-order valence-electron chi connectivity index (χ4n) is 1.58. The molecular formula is C13H11Br2NO3. The van der Waals surface area contributed by atoms with Gasteiger partial charge in [0.05, 0.1) is 12.3 Å². The maximum Gasteiger partial charge on any atom is 0.356 e. The lowest BCUT2D eigenvalue weighted by Crippen LogP contribution is -2.08. The maximum absolute atomic E-state index is 11.8. The van der Waals surface area contributed by atoms with Gasteiger partial charge in [-0.3, -0.25) is 0 Å². The zero-order chi connectivity index (χ0) is 13.8. The predicted molar refractivity (Wildman–Crippen MR) is 78.2 cm³/mol. The molecule has 2 rings (SSSR count). The summed E-state index contributed by atoms with van der Waals surface area (Å²) in [6.45, 7) is 2.08. The van der Waals surface area contributed by atoms with Gasteiger partial charge >= 0.3 is 5.97 Å². The van der Waals surface area contributed by atoms with Gasteiger partial charge in [-0.1, -0.05) is 15.9 Å². The summed E-state index contributed by atoms with van der Waals surface area (Å²) in [5.41, 5.74) is 1.81. The zero-order valence-electron chi connectivity index (χ0n) is 10.2. The Morgan fingerprint density at radius 3 is 2.79 bits per heavy atom. The number of alkyl halides is 1. The van der Waals surface area contributed by atoms with E-state index in [1.54, 1.807) is 19.1 Å². The molecule has 0 radical (unpaired) electrons. The fourth-order valence-corrected chi connectivity index (χ4v) is 2.17. The number of rotatable bonds is 4. The second-order valence-electron chi connectivity index (χ2n) is 3.69. The summed E-state index contributed by atoms with van der Waals surface area (Å²) in [6, 6.07) is 7.15. The standard InChI is InChI=1S/C13H11Br2NO3/c1-2-18-13(17)10-6-8(5-9(7-14)16-10)11-3-4-12(15)19-11/h3-6H,2,7H2,1H3. The number of nitrogens with zero attached hydrogens (tertiary/aromatic N) is 1. The summed E-state index contributed by atoms with van der Waals surface area (Å²) in [5.74, 6) is 0.235. The minimum Gasteiger partial charge on any atom is -0.461 e. The molecule has 0 amide bonds. The number of pyridine rings is 1. The summed E-state index contributed by atoms with van der Waals surface area (Å²) in [4.78, 5) is 16.0. The molecule has 0 atom stereocenters. The SMILES string of the molecule is CCOC(=O)c1cc(-c2ccc(Br)o2)cc(CBr)n1. The third kappa shape index (κ3) is 3.45. The van der Waals surface area contributed by atoms with E-state index < -0.39 is 5.97 Å². The molecule has 0 N–H and O–H groups in total. The third-order valence-electron chi connectivity index (χ3n) is 2.36. The average Bonchev–Trinajstić information content (AvgIpc) is 2.85. The van der Waals surface area contributed by atoms with Crippen LogP contribution in [0.3, 0.4) is 0 Å². The van der Waals surface area contributed by atoms with Crippen molar-refractivity contribution in [3.05, 3.63) is 40.3 Å². The molecule has 2 aromatic heterocycles. The Labute approximate surface area is 127 Å². The monoisotopic (exact) mass is 387 g/mol. The van der Waals surface area contributed by atoms with E-state index in [2.05, 4.69) is 36.8 Å². The van der Waals surface area contributed by atoms with Gasteiger partial charge in [-0.25, -0.2) is 9.78 Å². The van der Waals surface area contributed by atoms with Gasteiger partial charge in [-0.15, -0.1) is 0 Å². The Kier molecular flexibility index (Phi) is 4.76. The second kappa shape index (κ2) is 6.34. The molecule has 6 heteroatoms. The van der Waals surface area contributed by atoms with Crippen LogP contribution >= 0.6 is 31.9 Å². The fraction of sp³-hybridized carbons (Fsp3) is 0.231. The molecule has 0 aliphatic rings. The van der Waals surface area contributed by atoms with Crippen LogP contribution in [0.25, 0.3) is 11.3 Å². The zero-order valence-corrected chi connectivity index (χ0v) is 13.3. The highest BCUT2D eigenvalue weighted by Crippen LogP contribution is 2.26. The summed E-state index contributed by atoms with van der Waals surface area (Å²) >= 11 is 6.59. The van der Waals surface area contributed by atoms with Gasteiger partial charge in [-0.05, 0) is 47.1 Å². The van der Waals surface area contributed by atoms with E-state index >= 15 is 0 Å². The van der Waals surface area contributed by atoms with E-state index in [1.807, 2.05) is 12.1 Å². The first kappa shape index (κ1) is 14.3. The largest absolute Gasteiger partial charge is 0.461 e. The summed E-state index contributed by atoms with van der Waals surface area (Å²) < 4.78 is 11.1. The molecule has 0 aromatic carbocycles. The number of esters is 1. The van der Waals surface area contributed by atoms with Crippen molar-refractivity contribution in [2.45, 2.75) is 12.3 Å². The van der Waals surface area contributed by atoms with E-state index in [0.29, 0.717) is 22.4 Å². The van der Waals surface area contributed by atoms with Crippen molar-refractivity contribution in [2.24, 2.45) is 0 Å². The molecule has 0 bridgehead atoms. The lowest BCUT2D eigenvalue weighted by molar-refractivity contribution is 0.0519. The number of hydrogen-bond donors (Lipinski definition) is 0. The number of halogens is 2. The Bertz CT molecular complexity index is 595. The van der Waals surface area contributed by atoms with Crippen molar-refractivity contribution in [3.63, 3.8) is 0 Å². The summed E-state index contributed by atoms with van der Waals surface area (Å²) in [6.07, 6.45) is 0. The normalized spacial score (nSPS) is 10.5. The topological polar surface area (TPSA) is 52.3 Å². The highest BCUT2D eigenvalue weighted by molar-refractivity contribution is 9.10. The molecular weight excluding hydrogens is 378 g/mol. The van der Waals surface area contributed by atoms with Crippen LogP contribution in [0.2, 0.25) is 0 Å². The van der Waals surface area contributed by atoms with Crippen molar-refractivity contribution in [1.82, 2.24) is 4.98 Å². The molecule has 100 valence electrons. The first-order valence-corrected chi connectivity index (χ1v) is 7.55. The summed E-state index contributed by atoms with van der Waals surface area (Å²) in [7, 11) is 0. The number of hydrogen-bond acceptors (Lipinski definition) is 4. The van der Waals surface area contributed by atoms with Gasteiger partial charge in [0.2, 0.25) is 0 Å². The number of carbonyl (C=O) groups is 1. The van der Waals surface area contributed by atoms with E-state index in [4.69, 9.17) is 9.15 Å². The number of carbonyl (C=O) groups excluding carboxylic acids is 1. The number of aromatic nitrogens is 1. The molecule has 0 unspecified atom stereocenters. The van der Waals surface area contributed by atoms with E-state index in [-0.39, 0.29) is 5.69 Å². The first-order valence-electron chi connectivity index (χ1n) is 5.63. The minimum atomic E-state index is -0.433. The van der Waals surface area contributed by atoms with Gasteiger partial charge < -0.3 is 9.15 Å². The number of furan rings is 1. The lowest BCUT2D eigenvalue weighted by Gasteiger charge is -2.05. The van der Waals surface area contributed by atoms with Crippen LogP contribution in [0, 0.1) is 0 Å². The molecule has 0 spiro atoms. The third-order valence-corrected chi connectivity index (χ3v) is 3.36. The lowest BCUT2D eigenvalue weighted by atomic mass is 10.1. The average molecular weight is 389 g/mol. The molecule has 2 aromatic rings. The highest BCUT2D eigenvalue weighted by Gasteiger charge is 2.13. The van der Waals surface area contributed by atoms with Crippen LogP contribution in [-0.4, -0.2) is 17.6 Å². The summed E-state index contributed by atoms with van der Waals surface area (Å²) in [5, 5.41) is 0.551. The number of ether oxygens (including phenoxy) is 1. The van der Waals surface area contributed by atoms with Crippen LogP contribution in [0.1, 0.15) is 23.1 Å². The maximum atomic E-state index is 11.8. The van der Waals surface area contributed by atoms with Gasteiger partial charge in [0.25, 0.3) is 0 Å². The van der Waals surface area contributed by atoms with Crippen molar-refractivity contribution < 1.29 is 13.9 Å². The van der Waals surface area contributed by atoms with Crippen LogP contribution in [-0.2, 0) is 10.1 Å². The molecule has 4 nitrogen and oxygen atoms in total. The minimum absolute atomic E-state index is 0.279. The van der Waals surface area contributed by atoms with E-state index in [9.17, 15) is 4.79 Å². The van der Waals surface area contributed by atoms with Gasteiger partial charge in [-0.2, -0.15) is 0 Å². The molecule has 19 heavy (non-hydrogen) atoms. The Morgan fingerprint density at radius 2 is 2.21 bits per heavy atom. The van der Waals surface area contributed by atoms with Crippen LogP contribution in [0.5, 0.6) is 0 Å². The second-order valence-corrected chi connectivity index (χ2v) is 5.03. The van der Waals surface area contributed by atoms with E-state index in [0.717, 1.165) is 11.3 Å². The van der Waals surface area contributed by atoms with Gasteiger partial charge in [0.1, 0.15) is 11.5 Å². The highest BCUT2D eigenvalue weighted by atomic mass is 79.9. The molecule has 0 saturated carbocycles. The predicted octanol–water partition coefficient (Wildman–Crippen LogP) is 4.18. The van der Waals surface area contributed by atoms with Crippen molar-refractivity contribution in [1.29, 1.82) is 0 Å². The molecule has 0 fully saturated rings. The molecule has 0 saturated heterocycles. The molecule has 2 heterocycles. The quantitative estimate of drug-likeness (QED) is 0.582. The smallest absolute Gasteiger partial charge is 0.356 e. The van der Waals surface area contributed by atoms with Crippen molar-refractivity contribution >= 4 is 37.8 Å². The van der Waals surface area contributed by atoms with E-state index in [1.165, 1.54) is 0 Å². The Morgan fingerprint density at radius 1 is 1.42 bits per heavy atom. The molecule has 0 aliphatic carbocycles. The Hall–Kier alpha value is -1.14. The molecule has 0 aliphatic heterocycles. The Balaban J connectivity index is 2.44. The van der Waals surface area contributed by atoms with Gasteiger partial charge in [0.15, 0.2) is 4.67 Å². The first-order chi connectivity index (χ1) is 9.13. The van der Waals surface area contributed by atoms with Crippen molar-refractivity contribution in [3.8, 4) is 11.3 Å². The van der Waals surface area contributed by atoms with Crippen LogP contribution in [0.15, 0.2) is 33.4 Å². The van der Waals surface area contributed by atoms with Gasteiger partial charge in [0, 0.05) is 10.9 Å². The van der Waals surface area contributed by atoms with Crippen molar-refractivity contribution in [2.75, 3.05) is 6.61 Å². The van der Waals surface area contributed by atoms with Crippen LogP contribution < -0.4 is 0 Å². The van der Waals surface area contributed by atoms with Crippen LogP contribution in [0.4, 0.5) is 0 Å².